The summed E-state index contributed by atoms with van der Waals surface area (Å²) in [6.07, 6.45) is -6.06. The molecule has 1 aliphatic heterocycles. The van der Waals surface area contributed by atoms with Gasteiger partial charge < -0.3 is 84.2 Å². The monoisotopic (exact) mass is 1010 g/mol. The molecule has 71 heavy (non-hydrogen) atoms. The van der Waals surface area contributed by atoms with Crippen LogP contribution < -0.4 is 48.7 Å². The molecule has 1 aromatic rings. The number of nitrogens with two attached hydrogens (primary N) is 2. The van der Waals surface area contributed by atoms with Crippen LogP contribution in [0, 0.1) is 5.92 Å². The molecule has 28 heteroatoms. The van der Waals surface area contributed by atoms with Crippen molar-refractivity contribution in [2.45, 2.75) is 140 Å². The van der Waals surface area contributed by atoms with Crippen LogP contribution in [0.2, 0.25) is 0 Å². The number of aliphatic carboxylic acids is 3. The van der Waals surface area contributed by atoms with E-state index in [-0.39, 0.29) is 44.4 Å². The average molecular weight is 1010 g/mol. The molecule has 1 aliphatic rings. The number of hydrogen-bond acceptors (Lipinski definition) is 16. The van der Waals surface area contributed by atoms with Crippen molar-refractivity contribution in [3.05, 3.63) is 29.8 Å². The van der Waals surface area contributed by atoms with Gasteiger partial charge in [-0.25, -0.2) is 4.79 Å². The molecule has 394 valence electrons. The maximum atomic E-state index is 13.8. The van der Waals surface area contributed by atoms with Crippen LogP contribution in [0.25, 0.3) is 0 Å². The minimum absolute atomic E-state index is 0.0217. The van der Waals surface area contributed by atoms with Crippen molar-refractivity contribution < 1.29 is 88.2 Å². The summed E-state index contributed by atoms with van der Waals surface area (Å²) in [5.74, 6) is -14.8. The number of benzene rings is 1. The van der Waals surface area contributed by atoms with Crippen LogP contribution >= 0.6 is 0 Å². The number of amides is 9. The summed E-state index contributed by atoms with van der Waals surface area (Å²) in [5, 5.41) is 74.5. The SMILES string of the molecule is CC(C)[C@H](NC(=O)[C@H](CC(=O)O)NC(=O)[C@H](CCC(=O)O)NC(=O)CNC(=O)[C@@H](NC(=O)[C@@H](N)Cc1ccc(O)cc1)[C@@H](C)O)C(=O)N[C@H](C(=O)N1CCC[C@H]1C(=O)N[C@@H](CCC(N)=O)C(=O)O)[C@@H](C)O. The highest BCUT2D eigenvalue weighted by Gasteiger charge is 2.42. The fraction of sp³-hybridized carbons (Fsp3) is 0.581. The largest absolute Gasteiger partial charge is 0.508 e. The first-order chi connectivity index (χ1) is 33.1. The molecule has 0 bridgehead atoms. The number of carboxylic acid groups (broad SMARTS) is 3. The van der Waals surface area contributed by atoms with Gasteiger partial charge in [0.1, 0.15) is 48.0 Å². The number of nitrogens with one attached hydrogen (secondary N) is 7. The normalized spacial score (nSPS) is 17.0. The van der Waals surface area contributed by atoms with Crippen LogP contribution in [0.4, 0.5) is 0 Å². The van der Waals surface area contributed by atoms with Crippen LogP contribution in [0.1, 0.15) is 78.2 Å². The lowest BCUT2D eigenvalue weighted by Gasteiger charge is -2.32. The average Bonchev–Trinajstić information content (AvgIpc) is 3.78. The third-order valence-corrected chi connectivity index (χ3v) is 11.0. The number of phenolic OH excluding ortho intramolecular Hbond substituents is 1. The summed E-state index contributed by atoms with van der Waals surface area (Å²) < 4.78 is 0. The minimum Gasteiger partial charge on any atom is -0.508 e. The van der Waals surface area contributed by atoms with Gasteiger partial charge in [-0.2, -0.15) is 0 Å². The van der Waals surface area contributed by atoms with E-state index in [1.807, 2.05) is 0 Å². The van der Waals surface area contributed by atoms with E-state index in [1.165, 1.54) is 38.1 Å². The van der Waals surface area contributed by atoms with Crippen LogP contribution in [-0.2, 0) is 64.0 Å². The Morgan fingerprint density at radius 2 is 1.23 bits per heavy atom. The highest BCUT2D eigenvalue weighted by molar-refractivity contribution is 5.99. The van der Waals surface area contributed by atoms with E-state index >= 15 is 0 Å². The van der Waals surface area contributed by atoms with Gasteiger partial charge in [0.15, 0.2) is 0 Å². The molecule has 1 heterocycles. The van der Waals surface area contributed by atoms with E-state index in [9.17, 15) is 88.2 Å². The van der Waals surface area contributed by atoms with E-state index in [1.54, 1.807) is 0 Å². The molecule has 2 rings (SSSR count). The number of primary amides is 1. The number of aliphatic hydroxyl groups excluding tert-OH is 2. The van der Waals surface area contributed by atoms with E-state index in [2.05, 4.69) is 37.2 Å². The number of hydrogen-bond donors (Lipinski definition) is 15. The number of rotatable bonds is 29. The second kappa shape index (κ2) is 28.3. The molecule has 1 aromatic carbocycles. The molecule has 0 aromatic heterocycles. The third kappa shape index (κ3) is 19.8. The zero-order valence-electron chi connectivity index (χ0n) is 39.4. The lowest BCUT2D eigenvalue weighted by atomic mass is 10.0. The predicted octanol–water partition coefficient (Wildman–Crippen LogP) is -5.61. The molecule has 17 N–H and O–H groups in total. The smallest absolute Gasteiger partial charge is 0.326 e. The number of nitrogens with zero attached hydrogens (tertiary/aromatic N) is 1. The summed E-state index contributed by atoms with van der Waals surface area (Å²) in [6, 6.07) is -7.01. The predicted molar refractivity (Wildman–Crippen MR) is 243 cm³/mol. The number of carboxylic acids is 3. The van der Waals surface area contributed by atoms with Gasteiger partial charge in [-0.3, -0.25) is 52.7 Å². The van der Waals surface area contributed by atoms with Gasteiger partial charge >= 0.3 is 17.9 Å². The molecular weight excluding hydrogens is 945 g/mol. The number of aromatic hydroxyl groups is 1. The number of phenols is 1. The molecule has 28 nitrogen and oxygen atoms in total. The molecule has 0 unspecified atom stereocenters. The van der Waals surface area contributed by atoms with Crippen LogP contribution in [0.5, 0.6) is 5.75 Å². The molecule has 0 spiro atoms. The van der Waals surface area contributed by atoms with E-state index in [4.69, 9.17) is 11.5 Å². The number of carbonyl (C=O) groups excluding carboxylic acids is 9. The van der Waals surface area contributed by atoms with Crippen molar-refractivity contribution in [3.63, 3.8) is 0 Å². The Bertz CT molecular complexity index is 2120. The van der Waals surface area contributed by atoms with E-state index in [0.29, 0.717) is 5.56 Å². The van der Waals surface area contributed by atoms with Gasteiger partial charge in [-0.05, 0) is 69.6 Å². The first-order valence-electron chi connectivity index (χ1n) is 22.4. The van der Waals surface area contributed by atoms with Gasteiger partial charge in [0, 0.05) is 19.4 Å². The molecule has 9 amide bonds. The summed E-state index contributed by atoms with van der Waals surface area (Å²) in [4.78, 5) is 154. The molecule has 10 atom stereocenters. The summed E-state index contributed by atoms with van der Waals surface area (Å²) >= 11 is 0. The number of aliphatic hydroxyl groups is 2. The van der Waals surface area contributed by atoms with Gasteiger partial charge in [0.25, 0.3) is 0 Å². The Balaban J connectivity index is 2.20. The van der Waals surface area contributed by atoms with Crippen molar-refractivity contribution in [3.8, 4) is 5.75 Å². The summed E-state index contributed by atoms with van der Waals surface area (Å²) in [5.41, 5.74) is 11.6. The minimum atomic E-state index is -2.00. The number of carbonyl (C=O) groups is 12. The lowest BCUT2D eigenvalue weighted by Crippen LogP contribution is -2.62. The molecular formula is C43H64N10O18. The molecule has 1 fully saturated rings. The Hall–Kier alpha value is -7.46. The van der Waals surface area contributed by atoms with Crippen LogP contribution in [-0.4, -0.2) is 180 Å². The fourth-order valence-electron chi connectivity index (χ4n) is 7.07. The van der Waals surface area contributed by atoms with Crippen molar-refractivity contribution in [1.29, 1.82) is 0 Å². The van der Waals surface area contributed by atoms with Gasteiger partial charge in [0.05, 0.1) is 31.2 Å². The zero-order valence-corrected chi connectivity index (χ0v) is 39.4. The topological polar surface area (TPSA) is 466 Å². The highest BCUT2D eigenvalue weighted by Crippen LogP contribution is 2.21. The Kier molecular flexibility index (Phi) is 23.8. The van der Waals surface area contributed by atoms with Gasteiger partial charge in [-0.1, -0.05) is 26.0 Å². The molecule has 1 saturated heterocycles. The van der Waals surface area contributed by atoms with Crippen molar-refractivity contribution in [2.75, 3.05) is 13.1 Å². The lowest BCUT2D eigenvalue weighted by molar-refractivity contribution is -0.146. The van der Waals surface area contributed by atoms with Crippen LogP contribution in [0.15, 0.2) is 24.3 Å². The highest BCUT2D eigenvalue weighted by atomic mass is 16.4. The standard InChI is InChI=1S/C43H64N10O18/c1-19(2)33(41(68)52-35(21(4)55)42(69)53-15-5-6-28(53)39(66)48-26(43(70)71)11-13-29(45)57)50-38(65)27(17-32(61)62)49-37(64)25(12-14-31(59)60)47-30(58)18-46-40(67)34(20(3)54)51-36(63)24(44)16-22-7-9-23(56)10-8-22/h7-10,19-21,24-28,33-35,54-56H,5-6,11-18,44H2,1-4H3,(H2,45,57)(H,46,67)(H,47,58)(H,48,66)(H,49,64)(H,50,65)(H,51,63)(H,52,68)(H,59,60)(H,61,62)(H,70,71)/t20-,21-,24+,25+,26+,27+,28+,33+,34+,35+/m1/s1. The maximum absolute atomic E-state index is 13.8. The first-order valence-corrected chi connectivity index (χ1v) is 22.4. The Morgan fingerprint density at radius 1 is 0.662 bits per heavy atom. The van der Waals surface area contributed by atoms with Crippen molar-refractivity contribution >= 4 is 71.1 Å². The Labute approximate surface area is 406 Å². The maximum Gasteiger partial charge on any atom is 0.326 e. The Morgan fingerprint density at radius 3 is 1.76 bits per heavy atom. The molecule has 0 aliphatic carbocycles. The first kappa shape index (κ1) is 59.7. The molecule has 0 saturated carbocycles. The third-order valence-electron chi connectivity index (χ3n) is 11.0. The second-order valence-corrected chi connectivity index (χ2v) is 17.2. The zero-order chi connectivity index (χ0) is 53.9. The van der Waals surface area contributed by atoms with Gasteiger partial charge in [-0.15, -0.1) is 0 Å². The van der Waals surface area contributed by atoms with Gasteiger partial charge in [0.2, 0.25) is 53.2 Å². The quantitative estimate of drug-likeness (QED) is 0.0356. The summed E-state index contributed by atoms with van der Waals surface area (Å²) in [6.45, 7) is 4.21. The molecule has 0 radical (unpaired) electrons. The second-order valence-electron chi connectivity index (χ2n) is 17.2. The van der Waals surface area contributed by atoms with Crippen molar-refractivity contribution in [2.24, 2.45) is 17.4 Å². The summed E-state index contributed by atoms with van der Waals surface area (Å²) in [7, 11) is 0. The van der Waals surface area contributed by atoms with Crippen molar-refractivity contribution in [1.82, 2.24) is 42.1 Å². The van der Waals surface area contributed by atoms with E-state index < -0.39 is 163 Å². The van der Waals surface area contributed by atoms with Crippen LogP contribution in [0.3, 0.4) is 0 Å². The van der Waals surface area contributed by atoms with E-state index in [0.717, 1.165) is 18.7 Å². The number of likely N-dealkylation sites (tertiary alicyclic amines) is 1. The fourth-order valence-corrected chi connectivity index (χ4v) is 7.07.